The van der Waals surface area contributed by atoms with E-state index in [1.165, 1.54) is 11.6 Å². The van der Waals surface area contributed by atoms with Crippen LogP contribution in [0.25, 0.3) is 0 Å². The van der Waals surface area contributed by atoms with Gasteiger partial charge in [0.05, 0.1) is 0 Å². The summed E-state index contributed by atoms with van der Waals surface area (Å²) < 4.78 is 18.5. The van der Waals surface area contributed by atoms with E-state index in [4.69, 9.17) is 4.74 Å². The van der Waals surface area contributed by atoms with Gasteiger partial charge in [0.1, 0.15) is 18.2 Å². The standard InChI is InChI=1S/C18H20FNO/c1-2-12-21-18-8-6-16(7-9-18)14-20-11-10-15-4-3-5-17(19)13-15/h2-9,13,20H,1,10-12,14H2. The lowest BCUT2D eigenvalue weighted by atomic mass is 10.1. The molecule has 0 bridgehead atoms. The maximum absolute atomic E-state index is 13.0. The van der Waals surface area contributed by atoms with E-state index in [9.17, 15) is 4.39 Å². The third-order valence-electron chi connectivity index (χ3n) is 3.10. The first-order chi connectivity index (χ1) is 10.3. The molecule has 0 atom stereocenters. The Kier molecular flexibility index (Phi) is 5.98. The molecule has 0 fully saturated rings. The normalized spacial score (nSPS) is 10.3. The van der Waals surface area contributed by atoms with Crippen molar-refractivity contribution in [1.82, 2.24) is 5.32 Å². The largest absolute Gasteiger partial charge is 0.490 e. The van der Waals surface area contributed by atoms with Gasteiger partial charge in [0, 0.05) is 6.54 Å². The first-order valence-corrected chi connectivity index (χ1v) is 7.06. The van der Waals surface area contributed by atoms with Crippen molar-refractivity contribution in [3.8, 4) is 5.75 Å². The molecule has 0 aliphatic rings. The predicted octanol–water partition coefficient (Wildman–Crippen LogP) is 3.72. The van der Waals surface area contributed by atoms with Gasteiger partial charge in [-0.2, -0.15) is 0 Å². The number of hydrogen-bond acceptors (Lipinski definition) is 2. The van der Waals surface area contributed by atoms with E-state index < -0.39 is 0 Å². The monoisotopic (exact) mass is 285 g/mol. The van der Waals surface area contributed by atoms with Crippen LogP contribution in [-0.4, -0.2) is 13.2 Å². The lowest BCUT2D eigenvalue weighted by Gasteiger charge is -2.07. The quantitative estimate of drug-likeness (QED) is 0.589. The highest BCUT2D eigenvalue weighted by atomic mass is 19.1. The number of halogens is 1. The van der Waals surface area contributed by atoms with Gasteiger partial charge in [-0.25, -0.2) is 4.39 Å². The summed E-state index contributed by atoms with van der Waals surface area (Å²) >= 11 is 0. The fourth-order valence-corrected chi connectivity index (χ4v) is 2.02. The van der Waals surface area contributed by atoms with Crippen molar-refractivity contribution in [3.05, 3.63) is 78.1 Å². The average molecular weight is 285 g/mol. The SMILES string of the molecule is C=CCOc1ccc(CNCCc2cccc(F)c2)cc1. The fraction of sp³-hybridized carbons (Fsp3) is 0.222. The molecule has 2 nitrogen and oxygen atoms in total. The molecule has 0 aliphatic heterocycles. The molecule has 21 heavy (non-hydrogen) atoms. The van der Waals surface area contributed by atoms with Crippen LogP contribution in [0.2, 0.25) is 0 Å². The molecule has 0 heterocycles. The second-order valence-corrected chi connectivity index (χ2v) is 4.80. The molecule has 0 radical (unpaired) electrons. The van der Waals surface area contributed by atoms with Gasteiger partial charge in [-0.15, -0.1) is 0 Å². The summed E-state index contributed by atoms with van der Waals surface area (Å²) in [5, 5.41) is 3.35. The Hall–Kier alpha value is -2.13. The molecule has 0 spiro atoms. The minimum atomic E-state index is -0.178. The molecule has 0 aromatic heterocycles. The molecular formula is C18H20FNO. The minimum absolute atomic E-state index is 0.178. The van der Waals surface area contributed by atoms with Crippen LogP contribution in [0.5, 0.6) is 5.75 Å². The van der Waals surface area contributed by atoms with Gasteiger partial charge in [-0.1, -0.05) is 36.9 Å². The maximum atomic E-state index is 13.0. The number of benzene rings is 2. The predicted molar refractivity (Wildman–Crippen MR) is 83.9 cm³/mol. The Morgan fingerprint density at radius 3 is 2.62 bits per heavy atom. The Balaban J connectivity index is 1.72. The van der Waals surface area contributed by atoms with Gasteiger partial charge in [-0.05, 0) is 48.4 Å². The number of rotatable bonds is 8. The van der Waals surface area contributed by atoms with E-state index >= 15 is 0 Å². The number of ether oxygens (including phenoxy) is 1. The molecule has 0 aliphatic carbocycles. The molecule has 2 aromatic carbocycles. The van der Waals surface area contributed by atoms with Gasteiger partial charge in [0.15, 0.2) is 0 Å². The van der Waals surface area contributed by atoms with Gasteiger partial charge in [0.25, 0.3) is 0 Å². The van der Waals surface area contributed by atoms with Gasteiger partial charge < -0.3 is 10.1 Å². The van der Waals surface area contributed by atoms with E-state index in [0.717, 1.165) is 30.8 Å². The minimum Gasteiger partial charge on any atom is -0.490 e. The Morgan fingerprint density at radius 1 is 1.10 bits per heavy atom. The molecule has 1 N–H and O–H groups in total. The Bertz CT molecular complexity index is 566. The van der Waals surface area contributed by atoms with E-state index in [-0.39, 0.29) is 5.82 Å². The van der Waals surface area contributed by atoms with Crippen molar-refractivity contribution in [2.75, 3.05) is 13.2 Å². The fourth-order valence-electron chi connectivity index (χ4n) is 2.02. The summed E-state index contributed by atoms with van der Waals surface area (Å²) in [6.45, 7) is 5.74. The zero-order chi connectivity index (χ0) is 14.9. The van der Waals surface area contributed by atoms with Crippen molar-refractivity contribution in [1.29, 1.82) is 0 Å². The summed E-state index contributed by atoms with van der Waals surface area (Å²) in [5.74, 6) is 0.668. The Labute approximate surface area is 125 Å². The molecule has 2 aromatic rings. The summed E-state index contributed by atoms with van der Waals surface area (Å²) in [6, 6.07) is 14.7. The molecule has 3 heteroatoms. The highest BCUT2D eigenvalue weighted by molar-refractivity contribution is 5.27. The zero-order valence-corrected chi connectivity index (χ0v) is 12.0. The van der Waals surface area contributed by atoms with Crippen LogP contribution in [-0.2, 0) is 13.0 Å². The maximum Gasteiger partial charge on any atom is 0.123 e. The average Bonchev–Trinajstić information content (AvgIpc) is 2.51. The van der Waals surface area contributed by atoms with Crippen molar-refractivity contribution in [2.45, 2.75) is 13.0 Å². The molecule has 110 valence electrons. The summed E-state index contributed by atoms with van der Waals surface area (Å²) in [6.07, 6.45) is 2.54. The first-order valence-electron chi connectivity index (χ1n) is 7.06. The first kappa shape index (κ1) is 15.3. The molecule has 0 unspecified atom stereocenters. The number of nitrogens with one attached hydrogen (secondary N) is 1. The number of hydrogen-bond donors (Lipinski definition) is 1. The van der Waals surface area contributed by atoms with Crippen LogP contribution in [0.15, 0.2) is 61.2 Å². The second-order valence-electron chi connectivity index (χ2n) is 4.80. The van der Waals surface area contributed by atoms with Crippen molar-refractivity contribution >= 4 is 0 Å². The molecule has 0 saturated carbocycles. The van der Waals surface area contributed by atoms with E-state index in [2.05, 4.69) is 11.9 Å². The third kappa shape index (κ3) is 5.40. The van der Waals surface area contributed by atoms with Gasteiger partial charge >= 0.3 is 0 Å². The topological polar surface area (TPSA) is 21.3 Å². The van der Waals surface area contributed by atoms with Crippen LogP contribution < -0.4 is 10.1 Å². The third-order valence-corrected chi connectivity index (χ3v) is 3.10. The summed E-state index contributed by atoms with van der Waals surface area (Å²) in [7, 11) is 0. The van der Waals surface area contributed by atoms with Crippen LogP contribution in [0.4, 0.5) is 4.39 Å². The molecule has 0 saturated heterocycles. The molecule has 0 amide bonds. The highest BCUT2D eigenvalue weighted by Crippen LogP contribution is 2.12. The summed E-state index contributed by atoms with van der Waals surface area (Å²) in [4.78, 5) is 0. The zero-order valence-electron chi connectivity index (χ0n) is 12.0. The van der Waals surface area contributed by atoms with Gasteiger partial charge in [-0.3, -0.25) is 0 Å². The van der Waals surface area contributed by atoms with Crippen LogP contribution >= 0.6 is 0 Å². The van der Waals surface area contributed by atoms with Crippen LogP contribution in [0.3, 0.4) is 0 Å². The lowest BCUT2D eigenvalue weighted by molar-refractivity contribution is 0.363. The smallest absolute Gasteiger partial charge is 0.123 e. The summed E-state index contributed by atoms with van der Waals surface area (Å²) in [5.41, 5.74) is 2.20. The van der Waals surface area contributed by atoms with E-state index in [1.807, 2.05) is 30.3 Å². The van der Waals surface area contributed by atoms with Crippen LogP contribution in [0, 0.1) is 5.82 Å². The van der Waals surface area contributed by atoms with E-state index in [0.29, 0.717) is 6.61 Å². The molecule has 2 rings (SSSR count). The second kappa shape index (κ2) is 8.22. The Morgan fingerprint density at radius 2 is 1.90 bits per heavy atom. The highest BCUT2D eigenvalue weighted by Gasteiger charge is 1.97. The van der Waals surface area contributed by atoms with Gasteiger partial charge in [0.2, 0.25) is 0 Å². The van der Waals surface area contributed by atoms with Crippen molar-refractivity contribution in [2.24, 2.45) is 0 Å². The van der Waals surface area contributed by atoms with E-state index in [1.54, 1.807) is 18.2 Å². The van der Waals surface area contributed by atoms with Crippen molar-refractivity contribution in [3.63, 3.8) is 0 Å². The van der Waals surface area contributed by atoms with Crippen LogP contribution in [0.1, 0.15) is 11.1 Å². The molecular weight excluding hydrogens is 265 g/mol. The van der Waals surface area contributed by atoms with Crippen molar-refractivity contribution < 1.29 is 9.13 Å². The lowest BCUT2D eigenvalue weighted by Crippen LogP contribution is -2.16.